The Hall–Kier alpha value is -1.84. The van der Waals surface area contributed by atoms with Crippen LogP contribution in [0.25, 0.3) is 5.65 Å². The number of anilines is 1. The number of nitrogens with one attached hydrogen (secondary N) is 1. The number of hydrogen-bond acceptors (Lipinski definition) is 2. The van der Waals surface area contributed by atoms with Crippen molar-refractivity contribution in [3.63, 3.8) is 0 Å². The van der Waals surface area contributed by atoms with E-state index in [4.69, 9.17) is 0 Å². The predicted octanol–water partition coefficient (Wildman–Crippen LogP) is 2.46. The highest BCUT2D eigenvalue weighted by atomic mass is 16.1. The molecule has 1 N–H and O–H groups in total. The molecule has 4 nitrogen and oxygen atoms in total. The Bertz CT molecular complexity index is 540. The van der Waals surface area contributed by atoms with Crippen LogP contribution in [0.1, 0.15) is 25.7 Å². The number of pyridine rings is 1. The van der Waals surface area contributed by atoms with Gasteiger partial charge in [0, 0.05) is 24.5 Å². The van der Waals surface area contributed by atoms with Crippen LogP contribution in [0, 0.1) is 5.92 Å². The summed E-state index contributed by atoms with van der Waals surface area (Å²) in [4.78, 5) is 16.1. The van der Waals surface area contributed by atoms with Gasteiger partial charge in [-0.3, -0.25) is 4.79 Å². The van der Waals surface area contributed by atoms with E-state index in [9.17, 15) is 4.79 Å². The number of nitrogens with zero attached hydrogens (tertiary/aromatic N) is 2. The molecule has 1 fully saturated rings. The van der Waals surface area contributed by atoms with Crippen molar-refractivity contribution in [3.8, 4) is 0 Å². The molecule has 0 aromatic carbocycles. The van der Waals surface area contributed by atoms with Gasteiger partial charge in [-0.2, -0.15) is 0 Å². The normalized spacial score (nSPS) is 16.5. The minimum absolute atomic E-state index is 0.155. The van der Waals surface area contributed by atoms with Crippen molar-refractivity contribution in [2.45, 2.75) is 25.7 Å². The summed E-state index contributed by atoms with van der Waals surface area (Å²) in [5, 5.41) is 2.98. The number of imidazole rings is 1. The molecule has 0 unspecified atom stereocenters. The molecule has 17 heavy (non-hydrogen) atoms. The molecular formula is C13H15N3O. The number of aromatic nitrogens is 2. The topological polar surface area (TPSA) is 46.4 Å². The average molecular weight is 229 g/mol. The molecule has 2 aromatic heterocycles. The number of fused-ring (bicyclic) bond motifs is 1. The second-order valence-electron chi connectivity index (χ2n) is 4.58. The highest BCUT2D eigenvalue weighted by Crippen LogP contribution is 2.26. The van der Waals surface area contributed by atoms with Gasteiger partial charge in [0.25, 0.3) is 0 Å². The minimum atomic E-state index is 0.155. The molecule has 4 heteroatoms. The molecule has 1 aliphatic rings. The summed E-state index contributed by atoms with van der Waals surface area (Å²) in [6, 6.07) is 3.81. The summed E-state index contributed by atoms with van der Waals surface area (Å²) in [6.45, 7) is 0. The Morgan fingerprint density at radius 2 is 2.18 bits per heavy atom. The third-order valence-electron chi connectivity index (χ3n) is 3.38. The van der Waals surface area contributed by atoms with Crippen LogP contribution in [-0.4, -0.2) is 15.3 Å². The lowest BCUT2D eigenvalue weighted by atomic mass is 10.1. The first kappa shape index (κ1) is 10.3. The molecule has 2 heterocycles. The summed E-state index contributed by atoms with van der Waals surface area (Å²) in [5.41, 5.74) is 1.73. The van der Waals surface area contributed by atoms with E-state index in [2.05, 4.69) is 10.3 Å². The summed E-state index contributed by atoms with van der Waals surface area (Å²) in [5.74, 6) is 0.357. The van der Waals surface area contributed by atoms with Crippen LogP contribution in [0.4, 0.5) is 5.69 Å². The zero-order valence-corrected chi connectivity index (χ0v) is 9.60. The average Bonchev–Trinajstić information content (AvgIpc) is 2.99. The van der Waals surface area contributed by atoms with Crippen molar-refractivity contribution in [1.82, 2.24) is 9.38 Å². The van der Waals surface area contributed by atoms with E-state index in [-0.39, 0.29) is 11.8 Å². The van der Waals surface area contributed by atoms with E-state index >= 15 is 0 Å². The van der Waals surface area contributed by atoms with Crippen LogP contribution in [0.15, 0.2) is 30.7 Å². The molecule has 3 rings (SSSR count). The number of carbonyl (C=O) groups excluding carboxylic acids is 1. The van der Waals surface area contributed by atoms with Crippen molar-refractivity contribution in [2.24, 2.45) is 5.92 Å². The molecule has 1 saturated carbocycles. The van der Waals surface area contributed by atoms with Gasteiger partial charge in [0.15, 0.2) is 0 Å². The van der Waals surface area contributed by atoms with Crippen LogP contribution in [0.3, 0.4) is 0 Å². The van der Waals surface area contributed by atoms with Crippen molar-refractivity contribution in [3.05, 3.63) is 30.7 Å². The molecule has 2 aromatic rings. The van der Waals surface area contributed by atoms with Crippen molar-refractivity contribution >= 4 is 17.2 Å². The monoisotopic (exact) mass is 229 g/mol. The van der Waals surface area contributed by atoms with Crippen LogP contribution in [-0.2, 0) is 4.79 Å². The molecule has 0 atom stereocenters. The molecular weight excluding hydrogens is 214 g/mol. The van der Waals surface area contributed by atoms with E-state index in [1.165, 1.54) is 12.8 Å². The predicted molar refractivity (Wildman–Crippen MR) is 65.8 cm³/mol. The van der Waals surface area contributed by atoms with Gasteiger partial charge in [0.1, 0.15) is 5.65 Å². The minimum Gasteiger partial charge on any atom is -0.325 e. The molecule has 88 valence electrons. The maximum absolute atomic E-state index is 12.0. The van der Waals surface area contributed by atoms with Gasteiger partial charge in [-0.15, -0.1) is 0 Å². The van der Waals surface area contributed by atoms with Crippen LogP contribution < -0.4 is 5.32 Å². The Balaban J connectivity index is 1.77. The molecule has 1 aliphatic carbocycles. The van der Waals surface area contributed by atoms with Crippen molar-refractivity contribution in [1.29, 1.82) is 0 Å². The van der Waals surface area contributed by atoms with Gasteiger partial charge in [0.2, 0.25) is 5.91 Å². The maximum atomic E-state index is 12.0. The van der Waals surface area contributed by atoms with Crippen LogP contribution in [0.5, 0.6) is 0 Å². The molecule has 0 spiro atoms. The fourth-order valence-corrected chi connectivity index (χ4v) is 2.43. The fraction of sp³-hybridized carbons (Fsp3) is 0.385. The van der Waals surface area contributed by atoms with Gasteiger partial charge in [-0.1, -0.05) is 12.8 Å². The third-order valence-corrected chi connectivity index (χ3v) is 3.38. The zero-order valence-electron chi connectivity index (χ0n) is 9.60. The number of carbonyl (C=O) groups is 1. The van der Waals surface area contributed by atoms with Crippen molar-refractivity contribution < 1.29 is 4.79 Å². The van der Waals surface area contributed by atoms with Gasteiger partial charge in [-0.05, 0) is 25.0 Å². The molecule has 0 bridgehead atoms. The quantitative estimate of drug-likeness (QED) is 0.859. The van der Waals surface area contributed by atoms with Gasteiger partial charge in [-0.25, -0.2) is 4.98 Å². The number of amides is 1. The van der Waals surface area contributed by atoms with Crippen LogP contribution in [0.2, 0.25) is 0 Å². The Kier molecular flexibility index (Phi) is 2.55. The second-order valence-corrected chi connectivity index (χ2v) is 4.58. The van der Waals surface area contributed by atoms with E-state index in [1.54, 1.807) is 6.20 Å². The SMILES string of the molecule is O=C(Nc1ccc2nccn2c1)C1CCCC1. The van der Waals surface area contributed by atoms with Gasteiger partial charge >= 0.3 is 0 Å². The lowest BCUT2D eigenvalue weighted by Gasteiger charge is -2.10. The number of hydrogen-bond donors (Lipinski definition) is 1. The fourth-order valence-electron chi connectivity index (χ4n) is 2.43. The molecule has 0 aliphatic heterocycles. The van der Waals surface area contributed by atoms with Crippen LogP contribution >= 0.6 is 0 Å². The summed E-state index contributed by atoms with van der Waals surface area (Å²) < 4.78 is 1.91. The smallest absolute Gasteiger partial charge is 0.227 e. The zero-order chi connectivity index (χ0) is 11.7. The first-order valence-corrected chi connectivity index (χ1v) is 6.06. The first-order chi connectivity index (χ1) is 8.33. The summed E-state index contributed by atoms with van der Waals surface area (Å²) in [7, 11) is 0. The Morgan fingerprint density at radius 3 is 3.00 bits per heavy atom. The maximum Gasteiger partial charge on any atom is 0.227 e. The standard InChI is InChI=1S/C13H15N3O/c17-13(10-3-1-2-4-10)15-11-5-6-12-14-7-8-16(12)9-11/h5-10H,1-4H2,(H,15,17). The summed E-state index contributed by atoms with van der Waals surface area (Å²) in [6.07, 6.45) is 9.93. The largest absolute Gasteiger partial charge is 0.325 e. The highest BCUT2D eigenvalue weighted by Gasteiger charge is 2.22. The van der Waals surface area contributed by atoms with Gasteiger partial charge in [0.05, 0.1) is 5.69 Å². The van der Waals surface area contributed by atoms with E-state index < -0.39 is 0 Å². The van der Waals surface area contributed by atoms with E-state index in [0.29, 0.717) is 0 Å². The number of rotatable bonds is 2. The Morgan fingerprint density at radius 1 is 1.35 bits per heavy atom. The lowest BCUT2D eigenvalue weighted by molar-refractivity contribution is -0.119. The molecule has 1 amide bonds. The lowest BCUT2D eigenvalue weighted by Crippen LogP contribution is -2.20. The van der Waals surface area contributed by atoms with Gasteiger partial charge < -0.3 is 9.72 Å². The Labute approximate surface area is 99.7 Å². The molecule has 0 saturated heterocycles. The third kappa shape index (κ3) is 2.02. The highest BCUT2D eigenvalue weighted by molar-refractivity contribution is 5.92. The molecule has 0 radical (unpaired) electrons. The van der Waals surface area contributed by atoms with E-state index in [1.807, 2.05) is 28.9 Å². The second kappa shape index (κ2) is 4.20. The summed E-state index contributed by atoms with van der Waals surface area (Å²) >= 11 is 0. The van der Waals surface area contributed by atoms with Crippen molar-refractivity contribution in [2.75, 3.05) is 5.32 Å². The first-order valence-electron chi connectivity index (χ1n) is 6.06. The van der Waals surface area contributed by atoms with E-state index in [0.717, 1.165) is 24.2 Å².